The SMILES string of the molecule is CN=C(NCC1CC1c1ccccc1)N1CC(CCN2CCCC2=O)c2ccccc21.I. The summed E-state index contributed by atoms with van der Waals surface area (Å²) in [7, 11) is 1.88. The van der Waals surface area contributed by atoms with E-state index in [1.165, 1.54) is 23.2 Å². The van der Waals surface area contributed by atoms with Crippen LogP contribution in [0, 0.1) is 5.92 Å². The van der Waals surface area contributed by atoms with Crippen LogP contribution in [0.5, 0.6) is 0 Å². The van der Waals surface area contributed by atoms with Crippen molar-refractivity contribution in [2.24, 2.45) is 10.9 Å². The van der Waals surface area contributed by atoms with Gasteiger partial charge in [-0.2, -0.15) is 0 Å². The highest BCUT2D eigenvalue weighted by atomic mass is 127. The summed E-state index contributed by atoms with van der Waals surface area (Å²) in [5, 5.41) is 3.65. The van der Waals surface area contributed by atoms with Gasteiger partial charge >= 0.3 is 0 Å². The first-order valence-corrected chi connectivity index (χ1v) is 11.6. The number of carbonyl (C=O) groups is 1. The van der Waals surface area contributed by atoms with Crippen LogP contribution in [0.4, 0.5) is 5.69 Å². The summed E-state index contributed by atoms with van der Waals surface area (Å²) in [5.74, 6) is 3.06. The molecule has 32 heavy (non-hydrogen) atoms. The Hall–Kier alpha value is -2.09. The molecule has 170 valence electrons. The van der Waals surface area contributed by atoms with Gasteiger partial charge in [0.25, 0.3) is 0 Å². The Kier molecular flexibility index (Phi) is 7.38. The molecule has 6 heteroatoms. The Balaban J connectivity index is 0.00000245. The number of likely N-dealkylation sites (tertiary alicyclic amines) is 1. The average Bonchev–Trinajstić information content (AvgIpc) is 3.33. The number of anilines is 1. The van der Waals surface area contributed by atoms with E-state index in [4.69, 9.17) is 0 Å². The van der Waals surface area contributed by atoms with Gasteiger partial charge in [-0.15, -0.1) is 24.0 Å². The summed E-state index contributed by atoms with van der Waals surface area (Å²) in [6.07, 6.45) is 3.98. The van der Waals surface area contributed by atoms with Gasteiger partial charge in [0.1, 0.15) is 0 Å². The maximum atomic E-state index is 12.0. The van der Waals surface area contributed by atoms with Gasteiger partial charge in [-0.25, -0.2) is 0 Å². The van der Waals surface area contributed by atoms with Crippen LogP contribution in [-0.4, -0.2) is 50.0 Å². The highest BCUT2D eigenvalue weighted by molar-refractivity contribution is 14.0. The van der Waals surface area contributed by atoms with Crippen LogP contribution in [0.15, 0.2) is 59.6 Å². The first-order valence-electron chi connectivity index (χ1n) is 11.6. The molecule has 2 aromatic rings. The molecule has 1 saturated carbocycles. The highest BCUT2D eigenvalue weighted by Gasteiger charge is 2.39. The topological polar surface area (TPSA) is 47.9 Å². The van der Waals surface area contributed by atoms with E-state index in [1.54, 1.807) is 0 Å². The van der Waals surface area contributed by atoms with Gasteiger partial charge in [0.05, 0.1) is 0 Å². The number of guanidine groups is 1. The molecule has 5 nitrogen and oxygen atoms in total. The van der Waals surface area contributed by atoms with Crippen LogP contribution in [0.1, 0.15) is 48.6 Å². The van der Waals surface area contributed by atoms with Gasteiger partial charge in [-0.1, -0.05) is 48.5 Å². The zero-order valence-electron chi connectivity index (χ0n) is 18.7. The second-order valence-electron chi connectivity index (χ2n) is 9.08. The van der Waals surface area contributed by atoms with Crippen LogP contribution in [0.25, 0.3) is 0 Å². The molecule has 2 fully saturated rings. The number of para-hydroxylation sites is 1. The largest absolute Gasteiger partial charge is 0.356 e. The minimum absolute atomic E-state index is 0. The van der Waals surface area contributed by atoms with Gasteiger partial charge in [0, 0.05) is 51.3 Å². The molecule has 0 aromatic heterocycles. The third-order valence-electron chi connectivity index (χ3n) is 7.13. The Morgan fingerprint density at radius 1 is 1.12 bits per heavy atom. The van der Waals surface area contributed by atoms with E-state index in [-0.39, 0.29) is 24.0 Å². The van der Waals surface area contributed by atoms with Crippen molar-refractivity contribution in [2.75, 3.05) is 38.1 Å². The number of amides is 1. The van der Waals surface area contributed by atoms with E-state index in [1.807, 2.05) is 11.9 Å². The molecule has 2 heterocycles. The highest BCUT2D eigenvalue weighted by Crippen LogP contribution is 2.47. The Morgan fingerprint density at radius 3 is 2.66 bits per heavy atom. The Morgan fingerprint density at radius 2 is 1.91 bits per heavy atom. The van der Waals surface area contributed by atoms with E-state index in [0.29, 0.717) is 23.7 Å². The van der Waals surface area contributed by atoms with Gasteiger partial charge in [-0.05, 0) is 48.3 Å². The van der Waals surface area contributed by atoms with E-state index in [2.05, 4.69) is 69.8 Å². The quantitative estimate of drug-likeness (QED) is 0.329. The first-order chi connectivity index (χ1) is 15.2. The average molecular weight is 544 g/mol. The smallest absolute Gasteiger partial charge is 0.222 e. The summed E-state index contributed by atoms with van der Waals surface area (Å²) in [5.41, 5.74) is 4.08. The summed E-state index contributed by atoms with van der Waals surface area (Å²) < 4.78 is 0. The third-order valence-corrected chi connectivity index (χ3v) is 7.13. The number of halogens is 1. The fraction of sp³-hybridized carbons (Fsp3) is 0.462. The number of nitrogens with zero attached hydrogens (tertiary/aromatic N) is 3. The van der Waals surface area contributed by atoms with Gasteiger partial charge in [0.2, 0.25) is 5.91 Å². The number of carbonyl (C=O) groups excluding carboxylic acids is 1. The second kappa shape index (κ2) is 10.2. The maximum absolute atomic E-state index is 12.0. The Bertz CT molecular complexity index is 963. The first kappa shape index (κ1) is 23.1. The van der Waals surface area contributed by atoms with Crippen molar-refractivity contribution in [1.82, 2.24) is 10.2 Å². The number of nitrogens with one attached hydrogen (secondary N) is 1. The molecule has 0 spiro atoms. The van der Waals surface area contributed by atoms with Crippen molar-refractivity contribution in [3.05, 3.63) is 65.7 Å². The molecule has 0 bridgehead atoms. The standard InChI is InChI=1S/C26H32N4O.HI/c1-27-26(28-17-21-16-23(21)19-8-3-2-4-9-19)30-18-20(22-10-5-6-11-24(22)30)13-15-29-14-7-12-25(29)31;/h2-6,8-11,20-21,23H,7,12-18H2,1H3,(H,27,28);1H. The lowest BCUT2D eigenvalue weighted by Crippen LogP contribution is -2.42. The van der Waals surface area contributed by atoms with E-state index in [0.717, 1.165) is 51.4 Å². The van der Waals surface area contributed by atoms with Crippen molar-refractivity contribution in [1.29, 1.82) is 0 Å². The zero-order chi connectivity index (χ0) is 21.2. The summed E-state index contributed by atoms with van der Waals surface area (Å²) in [4.78, 5) is 21.0. The van der Waals surface area contributed by atoms with Crippen LogP contribution < -0.4 is 10.2 Å². The van der Waals surface area contributed by atoms with Crippen molar-refractivity contribution < 1.29 is 4.79 Å². The maximum Gasteiger partial charge on any atom is 0.222 e. The molecule has 2 aromatic carbocycles. The predicted octanol–water partition coefficient (Wildman–Crippen LogP) is 4.60. The number of aliphatic imine (C=N–C) groups is 1. The molecule has 1 aliphatic carbocycles. The lowest BCUT2D eigenvalue weighted by molar-refractivity contribution is -0.127. The van der Waals surface area contributed by atoms with Crippen LogP contribution in [0.3, 0.4) is 0 Å². The number of benzene rings is 2. The molecule has 3 atom stereocenters. The number of hydrogen-bond acceptors (Lipinski definition) is 2. The number of hydrogen-bond donors (Lipinski definition) is 1. The monoisotopic (exact) mass is 544 g/mol. The molecule has 1 saturated heterocycles. The molecule has 3 aliphatic rings. The van der Waals surface area contributed by atoms with E-state index in [9.17, 15) is 4.79 Å². The fourth-order valence-corrected chi connectivity index (χ4v) is 5.29. The van der Waals surface area contributed by atoms with Crippen molar-refractivity contribution in [3.8, 4) is 0 Å². The molecular formula is C26H33IN4O. The molecule has 5 rings (SSSR count). The van der Waals surface area contributed by atoms with Gasteiger partial charge in [-0.3, -0.25) is 9.79 Å². The molecule has 3 unspecified atom stereocenters. The molecule has 0 radical (unpaired) electrons. The van der Waals surface area contributed by atoms with Crippen LogP contribution >= 0.6 is 24.0 Å². The predicted molar refractivity (Wildman–Crippen MR) is 141 cm³/mol. The van der Waals surface area contributed by atoms with Gasteiger partial charge in [0.15, 0.2) is 5.96 Å². The van der Waals surface area contributed by atoms with Crippen molar-refractivity contribution in [3.63, 3.8) is 0 Å². The Labute approximate surface area is 208 Å². The molecule has 1 N–H and O–H groups in total. The van der Waals surface area contributed by atoms with Crippen LogP contribution in [0.2, 0.25) is 0 Å². The van der Waals surface area contributed by atoms with E-state index >= 15 is 0 Å². The molecule has 1 amide bonds. The normalized spacial score (nSPS) is 24.3. The fourth-order valence-electron chi connectivity index (χ4n) is 5.29. The van der Waals surface area contributed by atoms with Gasteiger partial charge < -0.3 is 15.1 Å². The second-order valence-corrected chi connectivity index (χ2v) is 9.08. The minimum atomic E-state index is 0. The van der Waals surface area contributed by atoms with Crippen molar-refractivity contribution >= 4 is 41.5 Å². The van der Waals surface area contributed by atoms with Crippen LogP contribution in [-0.2, 0) is 4.79 Å². The van der Waals surface area contributed by atoms with E-state index < -0.39 is 0 Å². The number of rotatable bonds is 6. The third kappa shape index (κ3) is 4.80. The minimum Gasteiger partial charge on any atom is -0.356 e. The lowest BCUT2D eigenvalue weighted by atomic mass is 9.98. The zero-order valence-corrected chi connectivity index (χ0v) is 21.1. The number of fused-ring (bicyclic) bond motifs is 1. The summed E-state index contributed by atoms with van der Waals surface area (Å²) in [6.45, 7) is 3.66. The molecular weight excluding hydrogens is 511 g/mol. The lowest BCUT2D eigenvalue weighted by Gasteiger charge is -2.23. The molecule has 2 aliphatic heterocycles. The summed E-state index contributed by atoms with van der Waals surface area (Å²) in [6, 6.07) is 19.5. The summed E-state index contributed by atoms with van der Waals surface area (Å²) >= 11 is 0. The van der Waals surface area contributed by atoms with Crippen molar-refractivity contribution in [2.45, 2.75) is 37.5 Å².